The van der Waals surface area contributed by atoms with Crippen LogP contribution in [0.3, 0.4) is 0 Å². The smallest absolute Gasteiger partial charge is 0.135 e. The molecule has 0 bridgehead atoms. The molecule has 66 valence electrons. The Hall–Kier alpha value is -0.880. The average Bonchev–Trinajstić information content (AvgIpc) is 2.06. The molecule has 0 amide bonds. The molecule has 0 aromatic rings. The molecule has 1 heterocycles. The molecule has 1 atom stereocenters. The molecule has 1 fully saturated rings. The minimum absolute atomic E-state index is 0.308. The molecule has 0 saturated carbocycles. The molecule has 1 saturated heterocycles. The lowest BCUT2D eigenvalue weighted by Crippen LogP contribution is -2.39. The van der Waals surface area contributed by atoms with E-state index >= 15 is 0 Å². The van der Waals surface area contributed by atoms with E-state index in [0.29, 0.717) is 31.1 Å². The van der Waals surface area contributed by atoms with Crippen LogP contribution in [0.25, 0.3) is 0 Å². The summed E-state index contributed by atoms with van der Waals surface area (Å²) in [7, 11) is 0. The molecule has 0 spiro atoms. The van der Waals surface area contributed by atoms with Crippen LogP contribution in [-0.2, 0) is 4.79 Å². The molecule has 1 aliphatic heterocycles. The molecule has 12 heavy (non-hydrogen) atoms. The van der Waals surface area contributed by atoms with E-state index in [2.05, 4.69) is 11.0 Å². The highest BCUT2D eigenvalue weighted by Crippen LogP contribution is 2.11. The van der Waals surface area contributed by atoms with Crippen LogP contribution in [0.1, 0.15) is 26.2 Å². The summed E-state index contributed by atoms with van der Waals surface area (Å²) in [6.45, 7) is 3.71. The van der Waals surface area contributed by atoms with E-state index in [1.165, 1.54) is 0 Å². The predicted octanol–water partition coefficient (Wildman–Crippen LogP) is 0.953. The van der Waals surface area contributed by atoms with Gasteiger partial charge in [-0.25, -0.2) is 0 Å². The molecule has 0 aromatic carbocycles. The monoisotopic (exact) mass is 166 g/mol. The van der Waals surface area contributed by atoms with Gasteiger partial charge in [0.2, 0.25) is 0 Å². The van der Waals surface area contributed by atoms with Crippen LogP contribution in [-0.4, -0.2) is 29.8 Å². The molecule has 0 N–H and O–H groups in total. The Kier molecular flexibility index (Phi) is 3.24. The highest BCUT2D eigenvalue weighted by molar-refractivity contribution is 5.79. The molecule has 0 aliphatic carbocycles. The van der Waals surface area contributed by atoms with Crippen molar-refractivity contribution >= 4 is 5.78 Å². The number of hydrogen-bond donors (Lipinski definition) is 0. The van der Waals surface area contributed by atoms with Crippen molar-refractivity contribution in [2.75, 3.05) is 13.1 Å². The number of ketones is 1. The number of likely N-dealkylation sites (tertiary alicyclic amines) is 1. The molecule has 1 aliphatic rings. The maximum atomic E-state index is 10.9. The van der Waals surface area contributed by atoms with Gasteiger partial charge in [-0.1, -0.05) is 0 Å². The zero-order valence-corrected chi connectivity index (χ0v) is 7.42. The van der Waals surface area contributed by atoms with Gasteiger partial charge in [0.05, 0.1) is 12.5 Å². The highest BCUT2D eigenvalue weighted by atomic mass is 16.1. The Morgan fingerprint density at radius 2 is 2.17 bits per heavy atom. The first-order valence-corrected chi connectivity index (χ1v) is 4.36. The molecule has 3 heteroatoms. The van der Waals surface area contributed by atoms with Crippen molar-refractivity contribution in [2.24, 2.45) is 0 Å². The number of Topliss-reactive ketones (excluding diaryl/α,β-unsaturated/α-hetero) is 1. The zero-order valence-electron chi connectivity index (χ0n) is 7.42. The second-order valence-corrected chi connectivity index (χ2v) is 3.29. The Labute approximate surface area is 73.0 Å². The fraction of sp³-hybridized carbons (Fsp3) is 0.778. The van der Waals surface area contributed by atoms with Crippen LogP contribution in [0, 0.1) is 11.3 Å². The van der Waals surface area contributed by atoms with E-state index < -0.39 is 0 Å². The molecule has 0 radical (unpaired) electrons. The third kappa shape index (κ3) is 2.31. The molecular weight excluding hydrogens is 152 g/mol. The SMILES string of the molecule is CC(CC#N)N1CCC(=O)CC1. The van der Waals surface area contributed by atoms with Crippen molar-refractivity contribution in [1.29, 1.82) is 5.26 Å². The first-order valence-electron chi connectivity index (χ1n) is 4.36. The Morgan fingerprint density at radius 1 is 1.58 bits per heavy atom. The van der Waals surface area contributed by atoms with E-state index in [0.717, 1.165) is 13.1 Å². The minimum atomic E-state index is 0.308. The standard InChI is InChI=1S/C9H14N2O/c1-8(2-5-10)11-6-3-9(12)4-7-11/h8H,2-4,6-7H2,1H3. The maximum Gasteiger partial charge on any atom is 0.135 e. The second kappa shape index (κ2) is 4.22. The lowest BCUT2D eigenvalue weighted by atomic mass is 10.1. The van der Waals surface area contributed by atoms with Gasteiger partial charge < -0.3 is 0 Å². The van der Waals surface area contributed by atoms with Crippen LogP contribution >= 0.6 is 0 Å². The fourth-order valence-electron chi connectivity index (χ4n) is 1.48. The molecule has 3 nitrogen and oxygen atoms in total. The van der Waals surface area contributed by atoms with Gasteiger partial charge in [-0.2, -0.15) is 5.26 Å². The molecule has 1 unspecified atom stereocenters. The summed E-state index contributed by atoms with van der Waals surface area (Å²) < 4.78 is 0. The van der Waals surface area contributed by atoms with E-state index in [9.17, 15) is 4.79 Å². The third-order valence-corrected chi connectivity index (χ3v) is 2.37. The van der Waals surface area contributed by atoms with Crippen LogP contribution in [0.2, 0.25) is 0 Å². The van der Waals surface area contributed by atoms with Crippen LogP contribution < -0.4 is 0 Å². The lowest BCUT2D eigenvalue weighted by molar-refractivity contribution is -0.121. The molecular formula is C9H14N2O. The second-order valence-electron chi connectivity index (χ2n) is 3.29. The van der Waals surface area contributed by atoms with Crippen molar-refractivity contribution in [2.45, 2.75) is 32.2 Å². The Balaban J connectivity index is 2.34. The first-order chi connectivity index (χ1) is 5.74. The van der Waals surface area contributed by atoms with Gasteiger partial charge in [-0.3, -0.25) is 9.69 Å². The lowest BCUT2D eigenvalue weighted by Gasteiger charge is -2.30. The highest BCUT2D eigenvalue weighted by Gasteiger charge is 2.19. The number of nitriles is 1. The number of hydrogen-bond acceptors (Lipinski definition) is 3. The number of piperidine rings is 1. The summed E-state index contributed by atoms with van der Waals surface area (Å²) >= 11 is 0. The van der Waals surface area contributed by atoms with E-state index in [-0.39, 0.29) is 0 Å². The van der Waals surface area contributed by atoms with Crippen LogP contribution in [0.5, 0.6) is 0 Å². The average molecular weight is 166 g/mol. The van der Waals surface area contributed by atoms with Gasteiger partial charge in [0.25, 0.3) is 0 Å². The van der Waals surface area contributed by atoms with Crippen molar-refractivity contribution in [3.63, 3.8) is 0 Å². The number of rotatable bonds is 2. The largest absolute Gasteiger partial charge is 0.300 e. The van der Waals surface area contributed by atoms with Gasteiger partial charge in [-0.05, 0) is 6.92 Å². The summed E-state index contributed by atoms with van der Waals surface area (Å²) in [5, 5.41) is 8.48. The van der Waals surface area contributed by atoms with Gasteiger partial charge >= 0.3 is 0 Å². The first kappa shape index (κ1) is 9.21. The summed E-state index contributed by atoms with van der Waals surface area (Å²) in [5.41, 5.74) is 0. The zero-order chi connectivity index (χ0) is 8.97. The van der Waals surface area contributed by atoms with Crippen LogP contribution in [0.4, 0.5) is 0 Å². The van der Waals surface area contributed by atoms with Crippen molar-refractivity contribution in [3.8, 4) is 6.07 Å². The normalized spacial score (nSPS) is 21.8. The summed E-state index contributed by atoms with van der Waals surface area (Å²) in [5.74, 6) is 0.357. The third-order valence-electron chi connectivity index (χ3n) is 2.37. The van der Waals surface area contributed by atoms with Gasteiger partial charge in [0, 0.05) is 32.0 Å². The topological polar surface area (TPSA) is 44.1 Å². The predicted molar refractivity (Wildman–Crippen MR) is 45.5 cm³/mol. The van der Waals surface area contributed by atoms with E-state index in [1.807, 2.05) is 6.92 Å². The van der Waals surface area contributed by atoms with Crippen LogP contribution in [0.15, 0.2) is 0 Å². The van der Waals surface area contributed by atoms with Gasteiger partial charge in [0.15, 0.2) is 0 Å². The van der Waals surface area contributed by atoms with Crippen molar-refractivity contribution < 1.29 is 4.79 Å². The van der Waals surface area contributed by atoms with E-state index in [1.54, 1.807) is 0 Å². The van der Waals surface area contributed by atoms with Gasteiger partial charge in [0.1, 0.15) is 5.78 Å². The minimum Gasteiger partial charge on any atom is -0.300 e. The molecule has 1 rings (SSSR count). The Morgan fingerprint density at radius 3 is 2.67 bits per heavy atom. The summed E-state index contributed by atoms with van der Waals surface area (Å²) in [6, 6.07) is 2.46. The van der Waals surface area contributed by atoms with Crippen molar-refractivity contribution in [3.05, 3.63) is 0 Å². The Bertz CT molecular complexity index is 197. The summed E-state index contributed by atoms with van der Waals surface area (Å²) in [6.07, 6.45) is 1.89. The van der Waals surface area contributed by atoms with Crippen molar-refractivity contribution in [1.82, 2.24) is 4.90 Å². The molecule has 0 aromatic heterocycles. The number of nitrogens with zero attached hydrogens (tertiary/aromatic N) is 2. The van der Waals surface area contributed by atoms with Gasteiger partial charge in [-0.15, -0.1) is 0 Å². The van der Waals surface area contributed by atoms with E-state index in [4.69, 9.17) is 5.26 Å². The number of carbonyl (C=O) groups excluding carboxylic acids is 1. The fourth-order valence-corrected chi connectivity index (χ4v) is 1.48. The summed E-state index contributed by atoms with van der Waals surface area (Å²) in [4.78, 5) is 13.1. The quantitative estimate of drug-likeness (QED) is 0.613. The number of carbonyl (C=O) groups is 1. The maximum absolute atomic E-state index is 10.9.